The molecule has 3 aromatic heterocycles. The molecule has 0 bridgehead atoms. The largest absolute Gasteiger partial charge is 0.315 e. The molecule has 0 aliphatic carbocycles. The van der Waals surface area contributed by atoms with Crippen molar-refractivity contribution in [3.05, 3.63) is 66.2 Å². The number of nitrogens with zero attached hydrogens (tertiary/aromatic N) is 7. The van der Waals surface area contributed by atoms with E-state index in [9.17, 15) is 4.79 Å². The van der Waals surface area contributed by atoms with E-state index in [4.69, 9.17) is 0 Å². The molecule has 1 aliphatic heterocycles. The van der Waals surface area contributed by atoms with Crippen LogP contribution in [0, 0.1) is 6.92 Å². The van der Waals surface area contributed by atoms with Crippen LogP contribution in [-0.4, -0.2) is 55.0 Å². The summed E-state index contributed by atoms with van der Waals surface area (Å²) in [6.07, 6.45) is 6.92. The van der Waals surface area contributed by atoms with Crippen molar-refractivity contribution in [2.24, 2.45) is 0 Å². The Labute approximate surface area is 179 Å². The average molecular weight is 414 g/mol. The molecule has 4 aromatic rings. The van der Waals surface area contributed by atoms with Gasteiger partial charge in [-0.25, -0.2) is 9.97 Å². The molecule has 1 aliphatic rings. The highest BCUT2D eigenvalue weighted by molar-refractivity contribution is 6.06. The summed E-state index contributed by atoms with van der Waals surface area (Å²) in [5, 5.41) is 11.7. The number of pyridine rings is 1. The van der Waals surface area contributed by atoms with Crippen LogP contribution in [0.15, 0.2) is 55.0 Å². The number of fused-ring (bicyclic) bond motifs is 1. The molecule has 9 nitrogen and oxygen atoms in total. The van der Waals surface area contributed by atoms with Gasteiger partial charge < -0.3 is 5.32 Å². The van der Waals surface area contributed by atoms with E-state index in [-0.39, 0.29) is 11.9 Å². The molecular weight excluding hydrogens is 392 g/mol. The zero-order chi connectivity index (χ0) is 21.2. The summed E-state index contributed by atoms with van der Waals surface area (Å²) in [5.41, 5.74) is 3.50. The Balaban J connectivity index is 1.48. The molecule has 31 heavy (non-hydrogen) atoms. The van der Waals surface area contributed by atoms with E-state index in [1.807, 2.05) is 43.3 Å². The van der Waals surface area contributed by atoms with Crippen LogP contribution in [0.1, 0.15) is 28.9 Å². The van der Waals surface area contributed by atoms with Gasteiger partial charge in [0.05, 0.1) is 17.4 Å². The Kier molecular flexibility index (Phi) is 5.09. The zero-order valence-electron chi connectivity index (χ0n) is 17.1. The second kappa shape index (κ2) is 8.19. The maximum Gasteiger partial charge on any atom is 0.259 e. The molecule has 1 atom stereocenters. The third-order valence-electron chi connectivity index (χ3n) is 5.51. The number of carbonyl (C=O) groups excluding carboxylic acids is 1. The van der Waals surface area contributed by atoms with E-state index in [1.54, 1.807) is 28.2 Å². The van der Waals surface area contributed by atoms with E-state index in [1.165, 1.54) is 0 Å². The molecule has 1 amide bonds. The Hall–Kier alpha value is -3.72. The molecule has 0 spiro atoms. The first kappa shape index (κ1) is 19.3. The monoisotopic (exact) mass is 414 g/mol. The summed E-state index contributed by atoms with van der Waals surface area (Å²) in [6.45, 7) is 3.58. The number of anilines is 1. The van der Waals surface area contributed by atoms with Crippen LogP contribution in [0.25, 0.3) is 16.9 Å². The smallest absolute Gasteiger partial charge is 0.259 e. The summed E-state index contributed by atoms with van der Waals surface area (Å²) in [4.78, 5) is 28.6. The fourth-order valence-electron chi connectivity index (χ4n) is 3.95. The summed E-state index contributed by atoms with van der Waals surface area (Å²) >= 11 is 0. The quantitative estimate of drug-likeness (QED) is 0.547. The van der Waals surface area contributed by atoms with Crippen LogP contribution >= 0.6 is 0 Å². The van der Waals surface area contributed by atoms with Gasteiger partial charge >= 0.3 is 0 Å². The minimum absolute atomic E-state index is 0.0276. The van der Waals surface area contributed by atoms with Crippen molar-refractivity contribution < 1.29 is 4.79 Å². The lowest BCUT2D eigenvalue weighted by atomic mass is 10.0. The van der Waals surface area contributed by atoms with Gasteiger partial charge in [0, 0.05) is 30.7 Å². The van der Waals surface area contributed by atoms with E-state index < -0.39 is 0 Å². The number of benzene rings is 1. The first-order chi connectivity index (χ1) is 15.2. The Morgan fingerprint density at radius 2 is 1.94 bits per heavy atom. The van der Waals surface area contributed by atoms with Crippen molar-refractivity contribution in [3.63, 3.8) is 0 Å². The minimum atomic E-state index is -0.0922. The van der Waals surface area contributed by atoms with E-state index >= 15 is 0 Å². The number of hydrogen-bond acceptors (Lipinski definition) is 7. The molecule has 5 rings (SSSR count). The van der Waals surface area contributed by atoms with Crippen molar-refractivity contribution in [2.45, 2.75) is 25.8 Å². The standard InChI is InChI=1S/C22H22N8O/c1-15-20(26-13-12-24-15)29(18-4-2-10-23-14-18)22(31)16-6-8-17(9-7-16)30-21-19(27-28-30)5-3-11-25-21/h3,5-9,11-13,18,23H,2,4,10,14H2,1H3/t18-/m1/s1. The van der Waals surface area contributed by atoms with Crippen LogP contribution in [0.5, 0.6) is 0 Å². The predicted octanol–water partition coefficient (Wildman–Crippen LogP) is 2.31. The zero-order valence-corrected chi connectivity index (χ0v) is 17.1. The fraction of sp³-hybridized carbons (Fsp3) is 0.273. The van der Waals surface area contributed by atoms with Gasteiger partial charge in [0.1, 0.15) is 5.52 Å². The van der Waals surface area contributed by atoms with Crippen molar-refractivity contribution in [1.29, 1.82) is 0 Å². The highest BCUT2D eigenvalue weighted by atomic mass is 16.2. The first-order valence-corrected chi connectivity index (χ1v) is 10.3. The van der Waals surface area contributed by atoms with Crippen molar-refractivity contribution in [1.82, 2.24) is 35.3 Å². The number of aryl methyl sites for hydroxylation is 1. The molecule has 0 saturated carbocycles. The number of amides is 1. The molecular formula is C22H22N8O. The van der Waals surface area contributed by atoms with Crippen molar-refractivity contribution in [2.75, 3.05) is 18.0 Å². The van der Waals surface area contributed by atoms with Gasteiger partial charge in [0.15, 0.2) is 11.5 Å². The lowest BCUT2D eigenvalue weighted by Crippen LogP contribution is -2.49. The van der Waals surface area contributed by atoms with E-state index in [0.717, 1.165) is 42.8 Å². The first-order valence-electron chi connectivity index (χ1n) is 10.3. The van der Waals surface area contributed by atoms with Gasteiger partial charge in [-0.05, 0) is 62.7 Å². The molecule has 0 unspecified atom stereocenters. The molecule has 1 fully saturated rings. The summed E-state index contributed by atoms with van der Waals surface area (Å²) < 4.78 is 1.67. The van der Waals surface area contributed by atoms with Gasteiger partial charge in [-0.2, -0.15) is 4.68 Å². The number of nitrogens with one attached hydrogen (secondary N) is 1. The summed E-state index contributed by atoms with van der Waals surface area (Å²) in [7, 11) is 0. The van der Waals surface area contributed by atoms with Gasteiger partial charge in [-0.3, -0.25) is 14.7 Å². The number of rotatable bonds is 4. The summed E-state index contributed by atoms with van der Waals surface area (Å²) in [6, 6.07) is 11.1. The topological polar surface area (TPSA) is 102 Å². The number of piperidine rings is 1. The maximum absolute atomic E-state index is 13.6. The second-order valence-corrected chi connectivity index (χ2v) is 7.53. The van der Waals surface area contributed by atoms with Crippen LogP contribution in [-0.2, 0) is 0 Å². The third-order valence-corrected chi connectivity index (χ3v) is 5.51. The van der Waals surface area contributed by atoms with E-state index in [0.29, 0.717) is 17.0 Å². The van der Waals surface area contributed by atoms with Gasteiger partial charge in [-0.15, -0.1) is 5.10 Å². The summed E-state index contributed by atoms with van der Waals surface area (Å²) in [5.74, 6) is 0.516. The van der Waals surface area contributed by atoms with E-state index in [2.05, 4.69) is 30.6 Å². The minimum Gasteiger partial charge on any atom is -0.315 e. The lowest BCUT2D eigenvalue weighted by Gasteiger charge is -2.34. The fourth-order valence-corrected chi connectivity index (χ4v) is 3.95. The van der Waals surface area contributed by atoms with Gasteiger partial charge in [-0.1, -0.05) is 5.21 Å². The van der Waals surface area contributed by atoms with Gasteiger partial charge in [0.2, 0.25) is 0 Å². The molecule has 1 saturated heterocycles. The SMILES string of the molecule is Cc1nccnc1N(C(=O)c1ccc(-n2nnc3cccnc32)cc1)[C@@H]1CCCNC1. The van der Waals surface area contributed by atoms with Crippen LogP contribution in [0.3, 0.4) is 0 Å². The van der Waals surface area contributed by atoms with Crippen molar-refractivity contribution >= 4 is 22.9 Å². The molecule has 156 valence electrons. The molecule has 9 heteroatoms. The predicted molar refractivity (Wildman–Crippen MR) is 116 cm³/mol. The highest BCUT2D eigenvalue weighted by Crippen LogP contribution is 2.24. The lowest BCUT2D eigenvalue weighted by molar-refractivity contribution is 0.0971. The average Bonchev–Trinajstić information content (AvgIpc) is 3.25. The third kappa shape index (κ3) is 3.64. The Morgan fingerprint density at radius 3 is 2.71 bits per heavy atom. The normalized spacial score (nSPS) is 16.4. The molecule has 4 heterocycles. The number of hydrogen-bond donors (Lipinski definition) is 1. The Morgan fingerprint density at radius 1 is 1.10 bits per heavy atom. The number of carbonyl (C=O) groups is 1. The van der Waals surface area contributed by atoms with Crippen LogP contribution in [0.4, 0.5) is 5.82 Å². The van der Waals surface area contributed by atoms with Crippen LogP contribution in [0.2, 0.25) is 0 Å². The maximum atomic E-state index is 13.6. The second-order valence-electron chi connectivity index (χ2n) is 7.53. The molecule has 1 aromatic carbocycles. The number of aromatic nitrogens is 6. The molecule has 1 N–H and O–H groups in total. The van der Waals surface area contributed by atoms with Gasteiger partial charge in [0.25, 0.3) is 5.91 Å². The highest BCUT2D eigenvalue weighted by Gasteiger charge is 2.30. The van der Waals surface area contributed by atoms with Crippen molar-refractivity contribution in [3.8, 4) is 5.69 Å². The Bertz CT molecular complexity index is 1210. The van der Waals surface area contributed by atoms with Crippen LogP contribution < -0.4 is 10.2 Å². The molecule has 0 radical (unpaired) electrons.